The molecule has 0 N–H and O–H groups in total. The van der Waals surface area contributed by atoms with E-state index in [-0.39, 0.29) is 24.8 Å². The SMILES string of the molecule is Cc1c(C)n(C2=Cc3ccccc3[CH]2[Zr+2][C]2=CC=CC2)c2ccccc12.[Cl-].[Cl-]. The molecule has 0 spiro atoms. The molecule has 140 valence electrons. The predicted molar refractivity (Wildman–Crippen MR) is 107 cm³/mol. The van der Waals surface area contributed by atoms with Crippen LogP contribution in [-0.4, -0.2) is 4.57 Å². The van der Waals surface area contributed by atoms with Crippen molar-refractivity contribution in [1.82, 2.24) is 4.57 Å². The minimum Gasteiger partial charge on any atom is -1.00 e. The van der Waals surface area contributed by atoms with Gasteiger partial charge in [-0.05, 0) is 0 Å². The number of allylic oxidation sites excluding steroid dienone is 5. The smallest absolute Gasteiger partial charge is 1.00 e. The van der Waals surface area contributed by atoms with Crippen molar-refractivity contribution in [3.05, 3.63) is 92.4 Å². The summed E-state index contributed by atoms with van der Waals surface area (Å²) in [7, 11) is 0. The first-order chi connectivity index (χ1) is 12.7. The first-order valence-corrected chi connectivity index (χ1v) is 11.9. The molecule has 4 heteroatoms. The number of halogens is 2. The van der Waals surface area contributed by atoms with Crippen molar-refractivity contribution < 1.29 is 48.0 Å². The zero-order valence-corrected chi connectivity index (χ0v) is 19.9. The van der Waals surface area contributed by atoms with E-state index in [1.165, 1.54) is 45.4 Å². The summed E-state index contributed by atoms with van der Waals surface area (Å²) in [5, 5.41) is 1.38. The Balaban J connectivity index is 0.00000112. The number of aromatic nitrogens is 1. The van der Waals surface area contributed by atoms with Crippen LogP contribution in [0.4, 0.5) is 0 Å². The predicted octanol–water partition coefficient (Wildman–Crippen LogP) is 0.245. The Bertz CT molecular complexity index is 1120. The summed E-state index contributed by atoms with van der Waals surface area (Å²) in [6.45, 7) is 4.53. The molecule has 1 heterocycles. The molecular formula is C24H21Cl2NZr. The molecule has 5 rings (SSSR count). The molecule has 1 unspecified atom stereocenters. The van der Waals surface area contributed by atoms with Crippen LogP contribution in [0.1, 0.15) is 32.4 Å². The molecule has 0 aliphatic heterocycles. The average molecular weight is 486 g/mol. The molecule has 2 aliphatic carbocycles. The van der Waals surface area contributed by atoms with Crippen LogP contribution < -0.4 is 24.8 Å². The topological polar surface area (TPSA) is 4.93 Å². The molecule has 2 aromatic carbocycles. The summed E-state index contributed by atoms with van der Waals surface area (Å²) in [5.41, 5.74) is 8.58. The Kier molecular flexibility index (Phi) is 6.55. The van der Waals surface area contributed by atoms with Crippen LogP contribution in [0.25, 0.3) is 22.7 Å². The number of fused-ring (bicyclic) bond motifs is 2. The van der Waals surface area contributed by atoms with Crippen LogP contribution in [0, 0.1) is 13.8 Å². The molecule has 0 saturated carbocycles. The molecule has 0 amide bonds. The van der Waals surface area contributed by atoms with E-state index in [2.05, 4.69) is 91.2 Å². The zero-order valence-electron chi connectivity index (χ0n) is 15.9. The second kappa shape index (κ2) is 8.58. The molecule has 1 nitrogen and oxygen atoms in total. The van der Waals surface area contributed by atoms with E-state index >= 15 is 0 Å². The minimum absolute atomic E-state index is 0. The van der Waals surface area contributed by atoms with Crippen LogP contribution in [0.3, 0.4) is 0 Å². The monoisotopic (exact) mass is 483 g/mol. The molecule has 1 atom stereocenters. The van der Waals surface area contributed by atoms with E-state index in [1.807, 2.05) is 0 Å². The second-order valence-corrected chi connectivity index (χ2v) is 10.9. The van der Waals surface area contributed by atoms with Crippen molar-refractivity contribution in [1.29, 1.82) is 0 Å². The molecule has 1 aromatic heterocycles. The zero-order chi connectivity index (χ0) is 17.7. The number of para-hydroxylation sites is 1. The van der Waals surface area contributed by atoms with Crippen LogP contribution in [0.15, 0.2) is 70.0 Å². The van der Waals surface area contributed by atoms with Gasteiger partial charge >= 0.3 is 167 Å². The first-order valence-electron chi connectivity index (χ1n) is 9.24. The third-order valence-electron chi connectivity index (χ3n) is 5.69. The Morgan fingerprint density at radius 3 is 2.50 bits per heavy atom. The number of rotatable bonds is 3. The van der Waals surface area contributed by atoms with Crippen molar-refractivity contribution >= 4 is 22.7 Å². The number of aryl methyl sites for hydroxylation is 1. The number of benzene rings is 2. The quantitative estimate of drug-likeness (QED) is 0.501. The van der Waals surface area contributed by atoms with Gasteiger partial charge in [0.15, 0.2) is 0 Å². The van der Waals surface area contributed by atoms with Crippen LogP contribution in [0.2, 0.25) is 0 Å². The van der Waals surface area contributed by atoms with Crippen molar-refractivity contribution in [2.75, 3.05) is 0 Å². The van der Waals surface area contributed by atoms with Gasteiger partial charge in [0.25, 0.3) is 0 Å². The largest absolute Gasteiger partial charge is 1.00 e. The maximum Gasteiger partial charge on any atom is -1.00 e. The summed E-state index contributed by atoms with van der Waals surface area (Å²) >= 11 is -0.735. The summed E-state index contributed by atoms with van der Waals surface area (Å²) in [6, 6.07) is 17.9. The third-order valence-corrected chi connectivity index (χ3v) is 9.72. The van der Waals surface area contributed by atoms with E-state index in [0.29, 0.717) is 3.63 Å². The van der Waals surface area contributed by atoms with Gasteiger partial charge in [0, 0.05) is 0 Å². The molecule has 0 fully saturated rings. The summed E-state index contributed by atoms with van der Waals surface area (Å²) in [6.07, 6.45) is 10.5. The molecule has 0 radical (unpaired) electrons. The van der Waals surface area contributed by atoms with E-state index < -0.39 is 23.2 Å². The number of hydrogen-bond donors (Lipinski definition) is 0. The molecule has 0 saturated heterocycles. The van der Waals surface area contributed by atoms with Gasteiger partial charge in [-0.1, -0.05) is 0 Å². The number of hydrogen-bond acceptors (Lipinski definition) is 0. The van der Waals surface area contributed by atoms with Crippen LogP contribution in [0.5, 0.6) is 0 Å². The maximum atomic E-state index is 2.54. The molecule has 0 bridgehead atoms. The van der Waals surface area contributed by atoms with E-state index in [0.717, 1.165) is 0 Å². The average Bonchev–Trinajstić information content (AvgIpc) is 3.36. The number of nitrogens with zero attached hydrogens (tertiary/aromatic N) is 1. The summed E-state index contributed by atoms with van der Waals surface area (Å²) in [5.74, 6) is 0. The molecule has 28 heavy (non-hydrogen) atoms. The summed E-state index contributed by atoms with van der Waals surface area (Å²) in [4.78, 5) is 0. The van der Waals surface area contributed by atoms with Crippen molar-refractivity contribution in [3.63, 3.8) is 0 Å². The van der Waals surface area contributed by atoms with Gasteiger partial charge in [-0.25, -0.2) is 0 Å². The third kappa shape index (κ3) is 3.41. The van der Waals surface area contributed by atoms with E-state index in [1.54, 1.807) is 3.28 Å². The van der Waals surface area contributed by atoms with Gasteiger partial charge in [-0.15, -0.1) is 0 Å². The minimum atomic E-state index is -0.735. The normalized spacial score (nSPS) is 16.7. The summed E-state index contributed by atoms with van der Waals surface area (Å²) < 4.78 is 4.83. The Morgan fingerprint density at radius 1 is 0.964 bits per heavy atom. The van der Waals surface area contributed by atoms with Gasteiger partial charge in [0.2, 0.25) is 0 Å². The Morgan fingerprint density at radius 2 is 1.71 bits per heavy atom. The molecule has 2 aliphatic rings. The standard InChI is InChI=1S/C19H16N.C5H5.2ClH.Zr/c1-13-14(2)20(19-10-6-5-9-18(13)19)17-11-15-7-3-4-8-16(15)12-17;1-2-4-5-3-1;;;/h3-12H,1-2H3;1-3H,4H2;2*1H;/q;;;;+2/p-2. The fourth-order valence-corrected chi connectivity index (χ4v) is 8.13. The Hall–Kier alpha value is -1.34. The van der Waals surface area contributed by atoms with Gasteiger partial charge in [-0.2, -0.15) is 0 Å². The van der Waals surface area contributed by atoms with Gasteiger partial charge in [0.05, 0.1) is 0 Å². The van der Waals surface area contributed by atoms with E-state index in [4.69, 9.17) is 0 Å². The molecular weight excluding hydrogens is 464 g/mol. The van der Waals surface area contributed by atoms with Crippen molar-refractivity contribution in [2.24, 2.45) is 0 Å². The fraction of sp³-hybridized carbons (Fsp3) is 0.167. The van der Waals surface area contributed by atoms with Crippen molar-refractivity contribution in [3.8, 4) is 0 Å². The van der Waals surface area contributed by atoms with Gasteiger partial charge < -0.3 is 24.8 Å². The van der Waals surface area contributed by atoms with Crippen LogP contribution in [-0.2, 0) is 23.2 Å². The second-order valence-electron chi connectivity index (χ2n) is 7.16. The van der Waals surface area contributed by atoms with Crippen molar-refractivity contribution in [2.45, 2.75) is 23.9 Å². The van der Waals surface area contributed by atoms with Gasteiger partial charge in [-0.3, -0.25) is 0 Å². The molecule has 3 aromatic rings. The van der Waals surface area contributed by atoms with Gasteiger partial charge in [0.1, 0.15) is 0 Å². The first kappa shape index (κ1) is 21.4. The maximum absolute atomic E-state index is 2.54. The van der Waals surface area contributed by atoms with E-state index in [9.17, 15) is 0 Å². The van der Waals surface area contributed by atoms with Crippen LogP contribution >= 0.6 is 0 Å². The Labute approximate surface area is 190 Å². The fourth-order valence-electron chi connectivity index (χ4n) is 4.25.